The fourth-order valence-corrected chi connectivity index (χ4v) is 2.80. The van der Waals surface area contributed by atoms with E-state index in [-0.39, 0.29) is 29.6 Å². The first-order valence-electron chi connectivity index (χ1n) is 8.47. The molecule has 0 aliphatic carbocycles. The zero-order valence-corrected chi connectivity index (χ0v) is 14.6. The van der Waals surface area contributed by atoms with Gasteiger partial charge < -0.3 is 15.5 Å². The van der Waals surface area contributed by atoms with Gasteiger partial charge >= 0.3 is 6.03 Å². The van der Waals surface area contributed by atoms with Crippen LogP contribution in [0.4, 0.5) is 14.9 Å². The Bertz CT molecular complexity index is 604. The number of carbonyl (C=O) groups excluding carboxylic acids is 2. The number of amides is 3. The predicted molar refractivity (Wildman–Crippen MR) is 92.3 cm³/mol. The summed E-state index contributed by atoms with van der Waals surface area (Å²) in [6, 6.07) is 4.43. The van der Waals surface area contributed by atoms with Crippen molar-refractivity contribution < 1.29 is 14.0 Å². The Labute approximate surface area is 142 Å². The fourth-order valence-electron chi connectivity index (χ4n) is 2.80. The Kier molecular flexibility index (Phi) is 6.17. The summed E-state index contributed by atoms with van der Waals surface area (Å²) in [6.45, 7) is 7.22. The summed E-state index contributed by atoms with van der Waals surface area (Å²) >= 11 is 0. The number of piperidine rings is 1. The molecule has 5 nitrogen and oxygen atoms in total. The average Bonchev–Trinajstić information content (AvgIpc) is 2.57. The van der Waals surface area contributed by atoms with Crippen molar-refractivity contribution in [2.24, 2.45) is 11.8 Å². The molecule has 6 heteroatoms. The number of anilines is 1. The Hall–Kier alpha value is -2.11. The Morgan fingerprint density at radius 1 is 1.38 bits per heavy atom. The number of likely N-dealkylation sites (tertiary alicyclic amines) is 1. The first-order chi connectivity index (χ1) is 11.4. The highest BCUT2D eigenvalue weighted by Gasteiger charge is 2.24. The van der Waals surface area contributed by atoms with E-state index >= 15 is 0 Å². The second-order valence-corrected chi connectivity index (χ2v) is 6.70. The summed E-state index contributed by atoms with van der Waals surface area (Å²) in [5.74, 6) is -0.0857. The molecule has 1 aliphatic rings. The van der Waals surface area contributed by atoms with Crippen LogP contribution in [0.3, 0.4) is 0 Å². The monoisotopic (exact) mass is 335 g/mol. The SMILES string of the molecule is Cc1c(F)cccc1NC(=O)N1CCCC(CNC(=O)C(C)C)C1. The van der Waals surface area contributed by atoms with E-state index in [0.717, 1.165) is 12.8 Å². The smallest absolute Gasteiger partial charge is 0.321 e. The largest absolute Gasteiger partial charge is 0.356 e. The van der Waals surface area contributed by atoms with E-state index in [0.29, 0.717) is 30.9 Å². The highest BCUT2D eigenvalue weighted by atomic mass is 19.1. The standard InChI is InChI=1S/C18H26FN3O2/c1-12(2)17(23)20-10-14-6-5-9-22(11-14)18(24)21-16-8-4-7-15(19)13(16)3/h4,7-8,12,14H,5-6,9-11H2,1-3H3,(H,20,23)(H,21,24). The van der Waals surface area contributed by atoms with Crippen molar-refractivity contribution >= 4 is 17.6 Å². The van der Waals surface area contributed by atoms with Crippen molar-refractivity contribution in [2.75, 3.05) is 25.0 Å². The molecule has 1 aromatic carbocycles. The lowest BCUT2D eigenvalue weighted by Crippen LogP contribution is -2.45. The van der Waals surface area contributed by atoms with Crippen LogP contribution in [0.25, 0.3) is 0 Å². The lowest BCUT2D eigenvalue weighted by Gasteiger charge is -2.33. The van der Waals surface area contributed by atoms with Crippen molar-refractivity contribution in [3.05, 3.63) is 29.6 Å². The maximum absolute atomic E-state index is 13.6. The zero-order valence-electron chi connectivity index (χ0n) is 14.6. The Morgan fingerprint density at radius 2 is 2.12 bits per heavy atom. The van der Waals surface area contributed by atoms with E-state index in [2.05, 4.69) is 10.6 Å². The van der Waals surface area contributed by atoms with Crippen LogP contribution in [0.1, 0.15) is 32.3 Å². The number of carbonyl (C=O) groups is 2. The second-order valence-electron chi connectivity index (χ2n) is 6.70. The van der Waals surface area contributed by atoms with Crippen LogP contribution in [0.15, 0.2) is 18.2 Å². The minimum Gasteiger partial charge on any atom is -0.356 e. The number of benzene rings is 1. The van der Waals surface area contributed by atoms with Crippen molar-refractivity contribution in [1.82, 2.24) is 10.2 Å². The van der Waals surface area contributed by atoms with E-state index in [1.54, 1.807) is 24.0 Å². The first-order valence-corrected chi connectivity index (χ1v) is 8.47. The predicted octanol–water partition coefficient (Wildman–Crippen LogP) is 3.15. The van der Waals surface area contributed by atoms with Crippen LogP contribution in [0, 0.1) is 24.6 Å². The molecule has 2 N–H and O–H groups in total. The van der Waals surface area contributed by atoms with Crippen LogP contribution in [-0.4, -0.2) is 36.5 Å². The van der Waals surface area contributed by atoms with Gasteiger partial charge in [0.2, 0.25) is 5.91 Å². The van der Waals surface area contributed by atoms with Gasteiger partial charge in [-0.05, 0) is 37.8 Å². The van der Waals surface area contributed by atoms with Crippen LogP contribution in [0.2, 0.25) is 0 Å². The van der Waals surface area contributed by atoms with E-state index in [9.17, 15) is 14.0 Å². The third-order valence-corrected chi connectivity index (χ3v) is 4.40. The highest BCUT2D eigenvalue weighted by Crippen LogP contribution is 2.20. The van der Waals surface area contributed by atoms with Crippen molar-refractivity contribution in [2.45, 2.75) is 33.6 Å². The van der Waals surface area contributed by atoms with Gasteiger partial charge in [-0.15, -0.1) is 0 Å². The van der Waals surface area contributed by atoms with E-state index < -0.39 is 0 Å². The molecule has 1 aliphatic heterocycles. The third kappa shape index (κ3) is 4.69. The van der Waals surface area contributed by atoms with Crippen molar-refractivity contribution in [1.29, 1.82) is 0 Å². The summed E-state index contributed by atoms with van der Waals surface area (Å²) in [5.41, 5.74) is 0.929. The third-order valence-electron chi connectivity index (χ3n) is 4.40. The molecule has 1 fully saturated rings. The minimum absolute atomic E-state index is 0.0342. The van der Waals surface area contributed by atoms with Crippen molar-refractivity contribution in [3.63, 3.8) is 0 Å². The summed E-state index contributed by atoms with van der Waals surface area (Å²) in [5, 5.41) is 5.71. The van der Waals surface area contributed by atoms with Gasteiger partial charge in [0, 0.05) is 36.8 Å². The molecule has 1 aromatic rings. The number of nitrogens with one attached hydrogen (secondary N) is 2. The molecule has 1 heterocycles. The Morgan fingerprint density at radius 3 is 2.83 bits per heavy atom. The fraction of sp³-hybridized carbons (Fsp3) is 0.556. The number of hydrogen-bond donors (Lipinski definition) is 2. The molecule has 0 radical (unpaired) electrons. The molecule has 24 heavy (non-hydrogen) atoms. The average molecular weight is 335 g/mol. The number of nitrogens with zero attached hydrogens (tertiary/aromatic N) is 1. The molecule has 132 valence electrons. The van der Waals surface area contributed by atoms with E-state index in [1.807, 2.05) is 13.8 Å². The van der Waals surface area contributed by atoms with Crippen molar-refractivity contribution in [3.8, 4) is 0 Å². The molecule has 3 amide bonds. The van der Waals surface area contributed by atoms with Gasteiger partial charge in [0.05, 0.1) is 0 Å². The van der Waals surface area contributed by atoms with E-state index in [4.69, 9.17) is 0 Å². The van der Waals surface area contributed by atoms with Gasteiger partial charge in [-0.25, -0.2) is 9.18 Å². The lowest BCUT2D eigenvalue weighted by atomic mass is 9.98. The van der Waals surface area contributed by atoms with Gasteiger partial charge in [0.1, 0.15) is 5.82 Å². The van der Waals surface area contributed by atoms with Crippen LogP contribution in [0.5, 0.6) is 0 Å². The molecule has 2 rings (SSSR count). The highest BCUT2D eigenvalue weighted by molar-refractivity contribution is 5.90. The van der Waals surface area contributed by atoms with Crippen LogP contribution in [-0.2, 0) is 4.79 Å². The van der Waals surface area contributed by atoms with Gasteiger partial charge in [0.15, 0.2) is 0 Å². The summed E-state index contributed by atoms with van der Waals surface area (Å²) in [7, 11) is 0. The lowest BCUT2D eigenvalue weighted by molar-refractivity contribution is -0.124. The molecule has 0 saturated carbocycles. The number of rotatable bonds is 4. The molecule has 0 aromatic heterocycles. The number of urea groups is 1. The van der Waals surface area contributed by atoms with Crippen LogP contribution >= 0.6 is 0 Å². The van der Waals surface area contributed by atoms with Gasteiger partial charge in [-0.1, -0.05) is 19.9 Å². The van der Waals surface area contributed by atoms with E-state index in [1.165, 1.54) is 6.07 Å². The number of halogens is 1. The summed E-state index contributed by atoms with van der Waals surface area (Å²) < 4.78 is 13.6. The second kappa shape index (κ2) is 8.13. The molecule has 1 saturated heterocycles. The zero-order chi connectivity index (χ0) is 17.7. The summed E-state index contributed by atoms with van der Waals surface area (Å²) in [6.07, 6.45) is 1.89. The molecular weight excluding hydrogens is 309 g/mol. The molecule has 1 unspecified atom stereocenters. The quantitative estimate of drug-likeness (QED) is 0.888. The first kappa shape index (κ1) is 18.2. The maximum Gasteiger partial charge on any atom is 0.321 e. The molecule has 0 spiro atoms. The molecule has 1 atom stereocenters. The van der Waals surface area contributed by atoms with Gasteiger partial charge in [-0.3, -0.25) is 4.79 Å². The van der Waals surface area contributed by atoms with Gasteiger partial charge in [-0.2, -0.15) is 0 Å². The number of hydrogen-bond acceptors (Lipinski definition) is 2. The normalized spacial score (nSPS) is 17.7. The maximum atomic E-state index is 13.6. The molecular formula is C18H26FN3O2. The topological polar surface area (TPSA) is 61.4 Å². The molecule has 0 bridgehead atoms. The van der Waals surface area contributed by atoms with Crippen LogP contribution < -0.4 is 10.6 Å². The Balaban J connectivity index is 1.90. The summed E-state index contributed by atoms with van der Waals surface area (Å²) in [4.78, 5) is 25.8. The van der Waals surface area contributed by atoms with Gasteiger partial charge in [0.25, 0.3) is 0 Å². The minimum atomic E-state index is -0.333.